The number of likely N-dealkylation sites (N-methyl/N-ethyl adjacent to an activating group) is 1. The molecule has 0 spiro atoms. The van der Waals surface area contributed by atoms with Crippen LogP contribution in [-0.2, 0) is 0 Å². The van der Waals surface area contributed by atoms with Crippen molar-refractivity contribution >= 4 is 40.1 Å². The predicted octanol–water partition coefficient (Wildman–Crippen LogP) is 4.53. The Balaban J connectivity index is 0.00000176. The Hall–Kier alpha value is -1.84. The number of nitrogens with zero attached hydrogens (tertiary/aromatic N) is 1. The van der Waals surface area contributed by atoms with Crippen LogP contribution in [-0.4, -0.2) is 30.3 Å². The molecule has 0 radical (unpaired) electrons. The third-order valence-electron chi connectivity index (χ3n) is 3.96. The Bertz CT molecular complexity index is 790. The van der Waals surface area contributed by atoms with E-state index in [-0.39, 0.29) is 18.2 Å². The van der Waals surface area contributed by atoms with E-state index in [1.807, 2.05) is 42.5 Å². The Morgan fingerprint density at radius 2 is 1.68 bits per heavy atom. The molecule has 1 aromatic heterocycles. The SMILES string of the molecule is CCN(CC)CC(=O)c1ccc2oc3ccccc3c2c1.Cl. The molecule has 0 unspecified atom stereocenters. The van der Waals surface area contributed by atoms with Crippen molar-refractivity contribution in [2.45, 2.75) is 13.8 Å². The van der Waals surface area contributed by atoms with E-state index in [2.05, 4.69) is 18.7 Å². The number of hydrogen-bond acceptors (Lipinski definition) is 3. The van der Waals surface area contributed by atoms with Gasteiger partial charge in [-0.2, -0.15) is 0 Å². The summed E-state index contributed by atoms with van der Waals surface area (Å²) in [5, 5.41) is 2.07. The lowest BCUT2D eigenvalue weighted by atomic mass is 10.1. The lowest BCUT2D eigenvalue weighted by Crippen LogP contribution is -2.29. The number of hydrogen-bond donors (Lipinski definition) is 0. The third-order valence-corrected chi connectivity index (χ3v) is 3.96. The lowest BCUT2D eigenvalue weighted by Gasteiger charge is -2.16. The van der Waals surface area contributed by atoms with Crippen LogP contribution >= 0.6 is 12.4 Å². The molecular formula is C18H20ClNO2. The van der Waals surface area contributed by atoms with Gasteiger partial charge in [-0.1, -0.05) is 32.0 Å². The van der Waals surface area contributed by atoms with Crippen molar-refractivity contribution in [3.63, 3.8) is 0 Å². The average Bonchev–Trinajstić information content (AvgIpc) is 2.90. The molecule has 0 bridgehead atoms. The number of fused-ring (bicyclic) bond motifs is 3. The number of Topliss-reactive ketones (excluding diaryl/α,β-unsaturated/α-hetero) is 1. The second-order valence-electron chi connectivity index (χ2n) is 5.19. The summed E-state index contributed by atoms with van der Waals surface area (Å²) < 4.78 is 5.79. The van der Waals surface area contributed by atoms with Gasteiger partial charge in [-0.15, -0.1) is 12.4 Å². The highest BCUT2D eigenvalue weighted by Crippen LogP contribution is 2.29. The van der Waals surface area contributed by atoms with Gasteiger partial charge in [0.15, 0.2) is 5.78 Å². The number of para-hydroxylation sites is 1. The summed E-state index contributed by atoms with van der Waals surface area (Å²) in [6.07, 6.45) is 0. The van der Waals surface area contributed by atoms with Crippen molar-refractivity contribution in [2.24, 2.45) is 0 Å². The van der Waals surface area contributed by atoms with Crippen molar-refractivity contribution in [3.05, 3.63) is 48.0 Å². The molecule has 0 amide bonds. The zero-order valence-corrected chi connectivity index (χ0v) is 13.7. The van der Waals surface area contributed by atoms with Gasteiger partial charge in [0.05, 0.1) is 6.54 Å². The molecule has 0 N–H and O–H groups in total. The van der Waals surface area contributed by atoms with Crippen molar-refractivity contribution < 1.29 is 9.21 Å². The molecule has 2 aromatic carbocycles. The molecule has 0 aliphatic rings. The van der Waals surface area contributed by atoms with Crippen LogP contribution < -0.4 is 0 Å². The molecule has 0 fully saturated rings. The Labute approximate surface area is 136 Å². The average molecular weight is 318 g/mol. The number of halogens is 1. The Morgan fingerprint density at radius 1 is 1.00 bits per heavy atom. The molecule has 0 saturated heterocycles. The fourth-order valence-electron chi connectivity index (χ4n) is 2.64. The van der Waals surface area contributed by atoms with Crippen LogP contribution in [0.3, 0.4) is 0 Å². The van der Waals surface area contributed by atoms with Crippen LogP contribution in [0, 0.1) is 0 Å². The van der Waals surface area contributed by atoms with Crippen LogP contribution in [0.2, 0.25) is 0 Å². The summed E-state index contributed by atoms with van der Waals surface area (Å²) in [6, 6.07) is 13.6. The number of carbonyl (C=O) groups excluding carboxylic acids is 1. The van der Waals surface area contributed by atoms with Crippen LogP contribution in [0.15, 0.2) is 46.9 Å². The molecule has 116 valence electrons. The first-order chi connectivity index (χ1) is 10.2. The summed E-state index contributed by atoms with van der Waals surface area (Å²) >= 11 is 0. The summed E-state index contributed by atoms with van der Waals surface area (Å²) in [5.41, 5.74) is 2.44. The number of ketones is 1. The van der Waals surface area contributed by atoms with Crippen molar-refractivity contribution in [1.29, 1.82) is 0 Å². The maximum atomic E-state index is 12.4. The van der Waals surface area contributed by atoms with Gasteiger partial charge in [-0.3, -0.25) is 9.69 Å². The largest absolute Gasteiger partial charge is 0.456 e. The van der Waals surface area contributed by atoms with Gasteiger partial charge >= 0.3 is 0 Å². The number of benzene rings is 2. The zero-order valence-electron chi connectivity index (χ0n) is 12.8. The molecule has 0 aliphatic carbocycles. The van der Waals surface area contributed by atoms with E-state index in [0.29, 0.717) is 6.54 Å². The topological polar surface area (TPSA) is 33.5 Å². The summed E-state index contributed by atoms with van der Waals surface area (Å²) in [5.74, 6) is 0.158. The molecule has 3 rings (SSSR count). The van der Waals surface area contributed by atoms with E-state index in [0.717, 1.165) is 40.6 Å². The van der Waals surface area contributed by atoms with E-state index in [4.69, 9.17) is 4.42 Å². The van der Waals surface area contributed by atoms with E-state index >= 15 is 0 Å². The van der Waals surface area contributed by atoms with Gasteiger partial charge in [0.2, 0.25) is 0 Å². The highest BCUT2D eigenvalue weighted by molar-refractivity contribution is 6.08. The van der Waals surface area contributed by atoms with E-state index in [1.54, 1.807) is 0 Å². The molecule has 0 atom stereocenters. The van der Waals surface area contributed by atoms with Gasteiger partial charge in [0.1, 0.15) is 11.2 Å². The molecular weight excluding hydrogens is 298 g/mol. The first-order valence-corrected chi connectivity index (χ1v) is 7.39. The first kappa shape index (κ1) is 16.5. The monoisotopic (exact) mass is 317 g/mol. The zero-order chi connectivity index (χ0) is 14.8. The maximum absolute atomic E-state index is 12.4. The number of furan rings is 1. The van der Waals surface area contributed by atoms with Crippen LogP contribution in [0.4, 0.5) is 0 Å². The Kier molecular flexibility index (Phi) is 5.22. The smallest absolute Gasteiger partial charge is 0.176 e. The van der Waals surface area contributed by atoms with Crippen molar-refractivity contribution in [1.82, 2.24) is 4.90 Å². The van der Waals surface area contributed by atoms with Gasteiger partial charge in [-0.25, -0.2) is 0 Å². The summed E-state index contributed by atoms with van der Waals surface area (Å²) in [4.78, 5) is 14.5. The standard InChI is InChI=1S/C18H19NO2.ClH/c1-3-19(4-2)12-16(20)13-9-10-18-15(11-13)14-7-5-6-8-17(14)21-18;/h5-11H,3-4,12H2,1-2H3;1H. The molecule has 3 nitrogen and oxygen atoms in total. The minimum Gasteiger partial charge on any atom is -0.456 e. The first-order valence-electron chi connectivity index (χ1n) is 7.39. The van der Waals surface area contributed by atoms with Gasteiger partial charge in [0.25, 0.3) is 0 Å². The molecule has 0 aliphatic heterocycles. The predicted molar refractivity (Wildman–Crippen MR) is 93.1 cm³/mol. The normalized spacial score (nSPS) is 11.0. The molecule has 4 heteroatoms. The second kappa shape index (κ2) is 6.95. The summed E-state index contributed by atoms with van der Waals surface area (Å²) in [6.45, 7) is 6.39. The molecule has 3 aromatic rings. The van der Waals surface area contributed by atoms with Crippen LogP contribution in [0.5, 0.6) is 0 Å². The Morgan fingerprint density at radius 3 is 2.41 bits per heavy atom. The van der Waals surface area contributed by atoms with Gasteiger partial charge in [0, 0.05) is 16.3 Å². The maximum Gasteiger partial charge on any atom is 0.176 e. The minimum atomic E-state index is 0. The summed E-state index contributed by atoms with van der Waals surface area (Å²) in [7, 11) is 0. The fraction of sp³-hybridized carbons (Fsp3) is 0.278. The molecule has 22 heavy (non-hydrogen) atoms. The van der Waals surface area contributed by atoms with E-state index in [1.165, 1.54) is 0 Å². The van der Waals surface area contributed by atoms with Crippen molar-refractivity contribution in [2.75, 3.05) is 19.6 Å². The third kappa shape index (κ3) is 3.01. The fourth-order valence-corrected chi connectivity index (χ4v) is 2.64. The highest BCUT2D eigenvalue weighted by Gasteiger charge is 2.13. The van der Waals surface area contributed by atoms with Gasteiger partial charge in [-0.05, 0) is 37.4 Å². The quantitative estimate of drug-likeness (QED) is 0.648. The minimum absolute atomic E-state index is 0. The lowest BCUT2D eigenvalue weighted by molar-refractivity contribution is 0.0937. The van der Waals surface area contributed by atoms with Crippen molar-refractivity contribution in [3.8, 4) is 0 Å². The second-order valence-corrected chi connectivity index (χ2v) is 5.19. The van der Waals surface area contributed by atoms with E-state index in [9.17, 15) is 4.79 Å². The number of rotatable bonds is 5. The van der Waals surface area contributed by atoms with Gasteiger partial charge < -0.3 is 4.42 Å². The van der Waals surface area contributed by atoms with Crippen LogP contribution in [0.1, 0.15) is 24.2 Å². The highest BCUT2D eigenvalue weighted by atomic mass is 35.5. The van der Waals surface area contributed by atoms with Crippen LogP contribution in [0.25, 0.3) is 21.9 Å². The van der Waals surface area contributed by atoms with E-state index < -0.39 is 0 Å². The number of carbonyl (C=O) groups is 1. The molecule has 0 saturated carbocycles. The molecule has 1 heterocycles.